The van der Waals surface area contributed by atoms with E-state index in [2.05, 4.69) is 0 Å². The lowest BCUT2D eigenvalue weighted by molar-refractivity contribution is 0.467. The molecule has 2 aromatic rings. The third kappa shape index (κ3) is 3.37. The molecule has 0 radical (unpaired) electrons. The number of hydrogen-bond donors (Lipinski definition) is 1. The molecule has 0 aliphatic heterocycles. The summed E-state index contributed by atoms with van der Waals surface area (Å²) < 4.78 is 26.5. The fourth-order valence-electron chi connectivity index (χ4n) is 2.11. The van der Waals surface area contributed by atoms with Gasteiger partial charge in [-0.2, -0.15) is 4.31 Å². The Morgan fingerprint density at radius 3 is 2.48 bits per heavy atom. The number of anilines is 1. The van der Waals surface area contributed by atoms with Gasteiger partial charge >= 0.3 is 0 Å². The van der Waals surface area contributed by atoms with E-state index in [1.54, 1.807) is 6.07 Å². The molecule has 0 aliphatic carbocycles. The van der Waals surface area contributed by atoms with Crippen molar-refractivity contribution >= 4 is 27.3 Å². The maximum absolute atomic E-state index is 12.6. The van der Waals surface area contributed by atoms with Crippen LogP contribution in [0.1, 0.15) is 11.1 Å². The molecule has 2 rings (SSSR count). The van der Waals surface area contributed by atoms with E-state index in [0.29, 0.717) is 0 Å². The minimum atomic E-state index is -3.73. The number of aryl methyl sites for hydroxylation is 1. The zero-order valence-electron chi connectivity index (χ0n) is 11.9. The van der Waals surface area contributed by atoms with Crippen LogP contribution in [0.3, 0.4) is 0 Å². The monoisotopic (exact) mass is 324 g/mol. The Hall–Kier alpha value is -1.56. The van der Waals surface area contributed by atoms with Crippen LogP contribution in [-0.2, 0) is 16.6 Å². The third-order valence-electron chi connectivity index (χ3n) is 3.15. The molecule has 0 amide bonds. The van der Waals surface area contributed by atoms with Crippen LogP contribution in [-0.4, -0.2) is 19.8 Å². The summed E-state index contributed by atoms with van der Waals surface area (Å²) >= 11 is 6.00. The highest BCUT2D eigenvalue weighted by Crippen LogP contribution is 2.30. The first-order chi connectivity index (χ1) is 9.82. The summed E-state index contributed by atoms with van der Waals surface area (Å²) in [6.07, 6.45) is 0. The number of sulfonamides is 1. The number of hydrogen-bond acceptors (Lipinski definition) is 3. The van der Waals surface area contributed by atoms with E-state index >= 15 is 0 Å². The van der Waals surface area contributed by atoms with Crippen LogP contribution in [0.5, 0.6) is 0 Å². The average molecular weight is 325 g/mol. The molecule has 0 bridgehead atoms. The van der Waals surface area contributed by atoms with E-state index in [0.717, 1.165) is 11.1 Å². The fourth-order valence-corrected chi connectivity index (χ4v) is 3.89. The van der Waals surface area contributed by atoms with Gasteiger partial charge < -0.3 is 5.73 Å². The highest BCUT2D eigenvalue weighted by atomic mass is 35.5. The number of halogens is 1. The molecule has 0 saturated carbocycles. The smallest absolute Gasteiger partial charge is 0.246 e. The van der Waals surface area contributed by atoms with Crippen molar-refractivity contribution in [1.29, 1.82) is 0 Å². The van der Waals surface area contributed by atoms with Crippen LogP contribution in [0.2, 0.25) is 5.02 Å². The van der Waals surface area contributed by atoms with Crippen LogP contribution in [0.15, 0.2) is 47.4 Å². The standard InChI is InChI=1S/C15H17ClN2O2S/c1-11-5-3-6-12(9-11)10-18(2)21(19,20)15-13(16)7-4-8-14(15)17/h3-9H,10,17H2,1-2H3. The molecule has 0 unspecified atom stereocenters. The largest absolute Gasteiger partial charge is 0.398 e. The van der Waals surface area contributed by atoms with Crippen LogP contribution in [0.4, 0.5) is 5.69 Å². The molecule has 0 saturated heterocycles. The highest BCUT2D eigenvalue weighted by molar-refractivity contribution is 7.89. The van der Waals surface area contributed by atoms with Gasteiger partial charge in [-0.1, -0.05) is 47.5 Å². The van der Waals surface area contributed by atoms with Gasteiger partial charge in [0.2, 0.25) is 10.0 Å². The van der Waals surface area contributed by atoms with Crippen molar-refractivity contribution in [2.45, 2.75) is 18.4 Å². The van der Waals surface area contributed by atoms with Gasteiger partial charge in [0.25, 0.3) is 0 Å². The van der Waals surface area contributed by atoms with Crippen molar-refractivity contribution in [3.8, 4) is 0 Å². The van der Waals surface area contributed by atoms with Crippen molar-refractivity contribution in [1.82, 2.24) is 4.31 Å². The first kappa shape index (κ1) is 15.8. The van der Waals surface area contributed by atoms with Gasteiger partial charge in [-0.25, -0.2) is 8.42 Å². The number of nitrogen functional groups attached to an aromatic ring is 1. The third-order valence-corrected chi connectivity index (χ3v) is 5.50. The van der Waals surface area contributed by atoms with Gasteiger partial charge in [0.05, 0.1) is 10.7 Å². The Bertz CT molecular complexity index is 740. The lowest BCUT2D eigenvalue weighted by Gasteiger charge is -2.19. The van der Waals surface area contributed by atoms with Crippen LogP contribution < -0.4 is 5.73 Å². The molecule has 21 heavy (non-hydrogen) atoms. The van der Waals surface area contributed by atoms with Gasteiger partial charge in [0, 0.05) is 13.6 Å². The quantitative estimate of drug-likeness (QED) is 0.879. The minimum Gasteiger partial charge on any atom is -0.398 e. The lowest BCUT2D eigenvalue weighted by Crippen LogP contribution is -2.27. The zero-order chi connectivity index (χ0) is 15.6. The molecule has 0 heterocycles. The van der Waals surface area contributed by atoms with Crippen LogP contribution in [0, 0.1) is 6.92 Å². The van der Waals surface area contributed by atoms with Crippen LogP contribution in [0.25, 0.3) is 0 Å². The summed E-state index contributed by atoms with van der Waals surface area (Å²) in [6.45, 7) is 2.22. The molecule has 6 heteroatoms. The minimum absolute atomic E-state index is 0.0400. The number of rotatable bonds is 4. The van der Waals surface area contributed by atoms with Gasteiger partial charge in [0.15, 0.2) is 0 Å². The number of benzene rings is 2. The lowest BCUT2D eigenvalue weighted by atomic mass is 10.1. The number of nitrogens with two attached hydrogens (primary N) is 1. The van der Waals surface area contributed by atoms with Crippen molar-refractivity contribution < 1.29 is 8.42 Å². The molecule has 0 aromatic heterocycles. The second-order valence-corrected chi connectivity index (χ2v) is 7.30. The first-order valence-corrected chi connectivity index (χ1v) is 8.20. The van der Waals surface area contributed by atoms with Crippen molar-refractivity contribution in [3.63, 3.8) is 0 Å². The molecular weight excluding hydrogens is 308 g/mol. The molecule has 2 aromatic carbocycles. The van der Waals surface area contributed by atoms with Crippen molar-refractivity contribution in [2.75, 3.05) is 12.8 Å². The second-order valence-electron chi connectivity index (χ2n) is 4.91. The summed E-state index contributed by atoms with van der Waals surface area (Å²) in [5.41, 5.74) is 7.91. The van der Waals surface area contributed by atoms with Crippen LogP contribution >= 0.6 is 11.6 Å². The molecular formula is C15H17ClN2O2S. The summed E-state index contributed by atoms with van der Waals surface area (Å²) in [5, 5.41) is 0.131. The summed E-state index contributed by atoms with van der Waals surface area (Å²) in [5.74, 6) is 0. The molecule has 0 aliphatic rings. The van der Waals surface area contributed by atoms with Gasteiger partial charge in [-0.3, -0.25) is 0 Å². The average Bonchev–Trinajstić information content (AvgIpc) is 2.38. The molecule has 0 atom stereocenters. The molecule has 112 valence electrons. The fraction of sp³-hybridized carbons (Fsp3) is 0.200. The van der Waals surface area contributed by atoms with E-state index in [9.17, 15) is 8.42 Å². The van der Waals surface area contributed by atoms with Gasteiger partial charge in [-0.05, 0) is 24.6 Å². The SMILES string of the molecule is Cc1cccc(CN(C)S(=O)(=O)c2c(N)cccc2Cl)c1. The van der Waals surface area contributed by atoms with E-state index in [4.69, 9.17) is 17.3 Å². The second kappa shape index (κ2) is 6.05. The van der Waals surface area contributed by atoms with Gasteiger partial charge in [0.1, 0.15) is 4.90 Å². The van der Waals surface area contributed by atoms with Crippen molar-refractivity contribution in [3.05, 3.63) is 58.6 Å². The highest BCUT2D eigenvalue weighted by Gasteiger charge is 2.26. The predicted molar refractivity (Wildman–Crippen MR) is 85.7 cm³/mol. The van der Waals surface area contributed by atoms with E-state index in [1.165, 1.54) is 23.5 Å². The Kier molecular flexibility index (Phi) is 4.56. The predicted octanol–water partition coefficient (Wildman–Crippen LogP) is 3.05. The Morgan fingerprint density at radius 1 is 1.19 bits per heavy atom. The molecule has 0 spiro atoms. The van der Waals surface area contributed by atoms with E-state index in [-0.39, 0.29) is 22.2 Å². The van der Waals surface area contributed by atoms with E-state index < -0.39 is 10.0 Å². The maximum atomic E-state index is 12.6. The summed E-state index contributed by atoms with van der Waals surface area (Å²) in [7, 11) is -2.22. The Morgan fingerprint density at radius 2 is 1.86 bits per heavy atom. The maximum Gasteiger partial charge on any atom is 0.246 e. The van der Waals surface area contributed by atoms with E-state index in [1.807, 2.05) is 31.2 Å². The Balaban J connectivity index is 2.35. The first-order valence-electron chi connectivity index (χ1n) is 6.38. The van der Waals surface area contributed by atoms with Crippen molar-refractivity contribution in [2.24, 2.45) is 0 Å². The normalized spacial score (nSPS) is 11.8. The number of nitrogens with zero attached hydrogens (tertiary/aromatic N) is 1. The zero-order valence-corrected chi connectivity index (χ0v) is 13.4. The Labute approximate surface area is 130 Å². The topological polar surface area (TPSA) is 63.4 Å². The van der Waals surface area contributed by atoms with Gasteiger partial charge in [-0.15, -0.1) is 0 Å². The summed E-state index contributed by atoms with van der Waals surface area (Å²) in [4.78, 5) is -0.0400. The summed E-state index contributed by atoms with van der Waals surface area (Å²) in [6, 6.07) is 12.4. The molecule has 4 nitrogen and oxygen atoms in total. The molecule has 0 fully saturated rings. The molecule has 2 N–H and O–H groups in total.